The number of hydrogen-bond acceptors (Lipinski definition) is 2. The Bertz CT molecular complexity index is 505. The molecule has 0 saturated heterocycles. The molecule has 1 atom stereocenters. The zero-order valence-electron chi connectivity index (χ0n) is 8.66. The molecule has 2 nitrogen and oxygen atoms in total. The van der Waals surface area contributed by atoms with Crippen molar-refractivity contribution in [2.75, 3.05) is 0 Å². The zero-order chi connectivity index (χ0) is 12.4. The zero-order valence-corrected chi connectivity index (χ0v) is 12.6. The molecule has 1 N–H and O–H groups in total. The summed E-state index contributed by atoms with van der Waals surface area (Å²) >= 11 is 12.6. The minimum Gasteiger partial charge on any atom is -0.450 e. The van der Waals surface area contributed by atoms with Crippen molar-refractivity contribution < 1.29 is 9.52 Å². The molecule has 2 aromatic rings. The molecule has 1 unspecified atom stereocenters. The van der Waals surface area contributed by atoms with Gasteiger partial charge in [-0.25, -0.2) is 0 Å². The molecule has 1 heterocycles. The fourth-order valence-corrected chi connectivity index (χ4v) is 2.32. The lowest BCUT2D eigenvalue weighted by Crippen LogP contribution is -2.00. The molecule has 0 aliphatic heterocycles. The summed E-state index contributed by atoms with van der Waals surface area (Å²) in [5.41, 5.74) is 0.894. The van der Waals surface area contributed by atoms with Crippen LogP contribution in [0, 0.1) is 0 Å². The summed E-state index contributed by atoms with van der Waals surface area (Å²) in [7, 11) is 0. The average molecular weight is 380 g/mol. The molecule has 1 aromatic carbocycles. The highest BCUT2D eigenvalue weighted by atomic mass is 79.9. The first-order valence-electron chi connectivity index (χ1n) is 4.94. The Hall–Kier alpha value is -0.290. The summed E-state index contributed by atoms with van der Waals surface area (Å²) < 4.78 is 6.72. The van der Waals surface area contributed by atoms with E-state index in [0.29, 0.717) is 21.9 Å². The fourth-order valence-electron chi connectivity index (χ4n) is 1.50. The molecule has 0 radical (unpaired) electrons. The van der Waals surface area contributed by atoms with E-state index >= 15 is 0 Å². The first-order chi connectivity index (χ1) is 8.08. The van der Waals surface area contributed by atoms with E-state index in [2.05, 4.69) is 31.9 Å². The molecule has 0 bridgehead atoms. The maximum absolute atomic E-state index is 10.0. The topological polar surface area (TPSA) is 33.4 Å². The van der Waals surface area contributed by atoms with E-state index < -0.39 is 6.10 Å². The van der Waals surface area contributed by atoms with Crippen LogP contribution in [0.5, 0.6) is 0 Å². The monoisotopic (exact) mass is 378 g/mol. The van der Waals surface area contributed by atoms with Gasteiger partial charge in [0.2, 0.25) is 0 Å². The molecule has 17 heavy (non-hydrogen) atoms. The van der Waals surface area contributed by atoms with Crippen molar-refractivity contribution in [1.29, 1.82) is 0 Å². The van der Waals surface area contributed by atoms with Crippen molar-refractivity contribution in [2.45, 2.75) is 12.5 Å². The molecular formula is C12H9Br2ClO2. The van der Waals surface area contributed by atoms with E-state index in [1.54, 1.807) is 12.1 Å². The number of halogens is 3. The second-order valence-corrected chi connectivity index (χ2v) is 5.56. The van der Waals surface area contributed by atoms with Crippen LogP contribution >= 0.6 is 43.5 Å². The number of rotatable bonds is 3. The molecule has 0 aliphatic carbocycles. The molecule has 2 rings (SSSR count). The van der Waals surface area contributed by atoms with Crippen molar-refractivity contribution in [3.05, 3.63) is 55.8 Å². The number of aliphatic hydroxyl groups excluding tert-OH is 1. The highest BCUT2D eigenvalue weighted by Crippen LogP contribution is 2.32. The molecule has 0 aliphatic rings. The smallest absolute Gasteiger partial charge is 0.183 e. The van der Waals surface area contributed by atoms with Gasteiger partial charge in [-0.3, -0.25) is 0 Å². The molecule has 90 valence electrons. The van der Waals surface area contributed by atoms with E-state index in [1.807, 2.05) is 18.2 Å². The third-order valence-electron chi connectivity index (χ3n) is 2.36. The summed E-state index contributed by atoms with van der Waals surface area (Å²) in [4.78, 5) is 0. The lowest BCUT2D eigenvalue weighted by Gasteiger charge is -2.08. The van der Waals surface area contributed by atoms with Gasteiger partial charge in [-0.05, 0) is 49.6 Å². The van der Waals surface area contributed by atoms with Crippen molar-refractivity contribution in [1.82, 2.24) is 0 Å². The summed E-state index contributed by atoms with van der Waals surface area (Å²) in [5, 5.41) is 10.7. The van der Waals surface area contributed by atoms with E-state index in [4.69, 9.17) is 16.0 Å². The Kier molecular flexibility index (Phi) is 4.31. The fraction of sp³-hybridized carbons (Fsp3) is 0.167. The average Bonchev–Trinajstić information content (AvgIpc) is 2.63. The van der Waals surface area contributed by atoms with Crippen molar-refractivity contribution >= 4 is 43.5 Å². The Morgan fingerprint density at radius 2 is 2.00 bits per heavy atom. The van der Waals surface area contributed by atoms with Gasteiger partial charge in [-0.2, -0.15) is 0 Å². The lowest BCUT2D eigenvalue weighted by molar-refractivity contribution is 0.149. The van der Waals surface area contributed by atoms with Crippen LogP contribution in [-0.2, 0) is 6.42 Å². The van der Waals surface area contributed by atoms with Gasteiger partial charge < -0.3 is 9.52 Å². The summed E-state index contributed by atoms with van der Waals surface area (Å²) in [5.74, 6) is 0.503. The third-order valence-corrected chi connectivity index (χ3v) is 4.44. The van der Waals surface area contributed by atoms with Crippen LogP contribution in [0.1, 0.15) is 17.4 Å². The van der Waals surface area contributed by atoms with Crippen LogP contribution in [-0.4, -0.2) is 5.11 Å². The SMILES string of the molecule is OC(Cc1ccccc1Cl)c1cc(Br)c(Br)o1. The Labute approximate surface area is 121 Å². The number of hydrogen-bond donors (Lipinski definition) is 1. The Morgan fingerprint density at radius 1 is 1.29 bits per heavy atom. The molecule has 0 amide bonds. The minimum absolute atomic E-state index is 0.423. The first kappa shape index (κ1) is 13.1. The Balaban J connectivity index is 2.17. The molecule has 1 aromatic heterocycles. The van der Waals surface area contributed by atoms with E-state index in [-0.39, 0.29) is 0 Å². The first-order valence-corrected chi connectivity index (χ1v) is 6.90. The van der Waals surface area contributed by atoms with Crippen LogP contribution in [0.3, 0.4) is 0 Å². The van der Waals surface area contributed by atoms with Gasteiger partial charge in [0, 0.05) is 11.4 Å². The summed E-state index contributed by atoms with van der Waals surface area (Å²) in [6.07, 6.45) is -0.288. The van der Waals surface area contributed by atoms with Crippen molar-refractivity contribution in [3.8, 4) is 0 Å². The summed E-state index contributed by atoms with van der Waals surface area (Å²) in [6.45, 7) is 0. The van der Waals surface area contributed by atoms with Gasteiger partial charge in [0.15, 0.2) is 4.67 Å². The van der Waals surface area contributed by atoms with Crippen molar-refractivity contribution in [2.24, 2.45) is 0 Å². The lowest BCUT2D eigenvalue weighted by atomic mass is 10.1. The number of aliphatic hydroxyl groups is 1. The van der Waals surface area contributed by atoms with Crippen LogP contribution in [0.15, 0.2) is 43.9 Å². The van der Waals surface area contributed by atoms with Crippen LogP contribution in [0.25, 0.3) is 0 Å². The number of furan rings is 1. The van der Waals surface area contributed by atoms with E-state index in [0.717, 1.165) is 10.0 Å². The second kappa shape index (κ2) is 5.57. The summed E-state index contributed by atoms with van der Waals surface area (Å²) in [6, 6.07) is 9.18. The van der Waals surface area contributed by atoms with Crippen LogP contribution in [0.2, 0.25) is 5.02 Å². The standard InChI is InChI=1S/C12H9Br2ClO2/c13-8-6-11(17-12(8)14)10(16)5-7-3-1-2-4-9(7)15/h1-4,6,10,16H,5H2. The van der Waals surface area contributed by atoms with E-state index in [9.17, 15) is 5.11 Å². The molecule has 5 heteroatoms. The Morgan fingerprint density at radius 3 is 2.59 bits per heavy atom. The molecular weight excluding hydrogens is 371 g/mol. The van der Waals surface area contributed by atoms with Crippen LogP contribution < -0.4 is 0 Å². The normalized spacial score (nSPS) is 12.7. The van der Waals surface area contributed by atoms with Gasteiger partial charge in [-0.1, -0.05) is 29.8 Å². The maximum Gasteiger partial charge on any atom is 0.183 e. The predicted molar refractivity (Wildman–Crippen MR) is 74.2 cm³/mol. The van der Waals surface area contributed by atoms with Gasteiger partial charge in [0.1, 0.15) is 11.9 Å². The van der Waals surface area contributed by atoms with Crippen LogP contribution in [0.4, 0.5) is 0 Å². The van der Waals surface area contributed by atoms with Gasteiger partial charge in [-0.15, -0.1) is 0 Å². The van der Waals surface area contributed by atoms with E-state index in [1.165, 1.54) is 0 Å². The highest BCUT2D eigenvalue weighted by molar-refractivity contribution is 9.13. The largest absolute Gasteiger partial charge is 0.450 e. The minimum atomic E-state index is -0.711. The number of benzene rings is 1. The second-order valence-electron chi connectivity index (χ2n) is 3.58. The molecule has 0 fully saturated rings. The highest BCUT2D eigenvalue weighted by Gasteiger charge is 2.16. The molecule has 0 spiro atoms. The maximum atomic E-state index is 10.0. The predicted octanol–water partition coefficient (Wildman–Crippen LogP) is 4.73. The third kappa shape index (κ3) is 3.13. The molecule has 0 saturated carbocycles. The van der Waals surface area contributed by atoms with Crippen molar-refractivity contribution in [3.63, 3.8) is 0 Å². The van der Waals surface area contributed by atoms with Gasteiger partial charge in [0.05, 0.1) is 4.47 Å². The quantitative estimate of drug-likeness (QED) is 0.835. The van der Waals surface area contributed by atoms with Gasteiger partial charge in [0.25, 0.3) is 0 Å². The van der Waals surface area contributed by atoms with Gasteiger partial charge >= 0.3 is 0 Å².